The lowest BCUT2D eigenvalue weighted by Gasteiger charge is -2.25. The summed E-state index contributed by atoms with van der Waals surface area (Å²) in [5, 5.41) is 3.22. The minimum absolute atomic E-state index is 0.0743. The molecule has 0 unspecified atom stereocenters. The first-order valence-corrected chi connectivity index (χ1v) is 10.5. The summed E-state index contributed by atoms with van der Waals surface area (Å²) in [7, 11) is -2.57. The van der Waals surface area contributed by atoms with Crippen LogP contribution in [0.25, 0.3) is 0 Å². The maximum atomic E-state index is 13.3. The van der Waals surface area contributed by atoms with Crippen LogP contribution in [0.3, 0.4) is 0 Å². The number of rotatable bonds is 7. The fraction of sp³-hybridized carbons (Fsp3) is 0.0952. The minimum Gasteiger partial charge on any atom is -0.495 e. The molecule has 6 nitrogen and oxygen atoms in total. The summed E-state index contributed by atoms with van der Waals surface area (Å²) >= 11 is 5.86. The first kappa shape index (κ1) is 20.7. The number of halogens is 1. The second-order valence-electron chi connectivity index (χ2n) is 6.05. The number of hydrogen-bond donors (Lipinski definition) is 1. The van der Waals surface area contributed by atoms with Gasteiger partial charge in [0, 0.05) is 10.7 Å². The van der Waals surface area contributed by atoms with E-state index < -0.39 is 22.5 Å². The fourth-order valence-electron chi connectivity index (χ4n) is 2.72. The quantitative estimate of drug-likeness (QED) is 0.610. The number of anilines is 2. The van der Waals surface area contributed by atoms with Crippen LogP contribution in [-0.2, 0) is 14.8 Å². The molecule has 0 aliphatic rings. The molecular weight excluding hydrogens is 412 g/mol. The summed E-state index contributed by atoms with van der Waals surface area (Å²) in [4.78, 5) is 12.7. The number of ether oxygens (including phenoxy) is 1. The zero-order valence-corrected chi connectivity index (χ0v) is 17.2. The molecule has 0 aliphatic heterocycles. The van der Waals surface area contributed by atoms with Crippen LogP contribution >= 0.6 is 11.6 Å². The number of carbonyl (C=O) groups is 1. The van der Waals surface area contributed by atoms with Crippen LogP contribution in [-0.4, -0.2) is 28.0 Å². The van der Waals surface area contributed by atoms with Crippen molar-refractivity contribution >= 4 is 38.9 Å². The smallest absolute Gasteiger partial charge is 0.264 e. The SMILES string of the molecule is COc1ccccc1N(CC(=O)Nc1ccc(Cl)cc1)S(=O)(=O)c1ccccc1. The van der Waals surface area contributed by atoms with E-state index in [0.29, 0.717) is 16.5 Å². The van der Waals surface area contributed by atoms with E-state index in [9.17, 15) is 13.2 Å². The van der Waals surface area contributed by atoms with Gasteiger partial charge < -0.3 is 10.1 Å². The Hall–Kier alpha value is -3.03. The highest BCUT2D eigenvalue weighted by molar-refractivity contribution is 7.92. The maximum absolute atomic E-state index is 13.3. The van der Waals surface area contributed by atoms with Gasteiger partial charge in [-0.25, -0.2) is 8.42 Å². The Kier molecular flexibility index (Phi) is 6.41. The second-order valence-corrected chi connectivity index (χ2v) is 8.35. The number of sulfonamides is 1. The van der Waals surface area contributed by atoms with E-state index >= 15 is 0 Å². The van der Waals surface area contributed by atoms with Gasteiger partial charge in [-0.1, -0.05) is 41.9 Å². The van der Waals surface area contributed by atoms with Crippen molar-refractivity contribution in [3.63, 3.8) is 0 Å². The van der Waals surface area contributed by atoms with Crippen LogP contribution in [0.15, 0.2) is 83.8 Å². The molecule has 1 N–H and O–H groups in total. The second kappa shape index (κ2) is 8.98. The largest absolute Gasteiger partial charge is 0.495 e. The van der Waals surface area contributed by atoms with E-state index in [4.69, 9.17) is 16.3 Å². The molecule has 1 amide bonds. The average Bonchev–Trinajstić information content (AvgIpc) is 2.74. The Labute approximate surface area is 174 Å². The van der Waals surface area contributed by atoms with Gasteiger partial charge >= 0.3 is 0 Å². The predicted molar refractivity (Wildman–Crippen MR) is 114 cm³/mol. The zero-order valence-electron chi connectivity index (χ0n) is 15.6. The summed E-state index contributed by atoms with van der Waals surface area (Å²) in [5.74, 6) is -0.163. The molecule has 0 bridgehead atoms. The van der Waals surface area contributed by atoms with Crippen LogP contribution in [0.1, 0.15) is 0 Å². The number of carbonyl (C=O) groups excluding carboxylic acids is 1. The molecule has 0 radical (unpaired) electrons. The van der Waals surface area contributed by atoms with Crippen molar-refractivity contribution in [1.82, 2.24) is 0 Å². The van der Waals surface area contributed by atoms with Crippen LogP contribution in [0.5, 0.6) is 5.75 Å². The Morgan fingerprint density at radius 2 is 1.59 bits per heavy atom. The topological polar surface area (TPSA) is 75.7 Å². The number of methoxy groups -OCH3 is 1. The fourth-order valence-corrected chi connectivity index (χ4v) is 4.30. The normalized spacial score (nSPS) is 11.0. The number of amides is 1. The molecule has 0 atom stereocenters. The number of para-hydroxylation sites is 2. The molecule has 3 aromatic carbocycles. The van der Waals surface area contributed by atoms with Crippen molar-refractivity contribution in [2.24, 2.45) is 0 Å². The molecule has 3 aromatic rings. The molecule has 29 heavy (non-hydrogen) atoms. The molecule has 0 spiro atoms. The molecule has 0 heterocycles. The number of hydrogen-bond acceptors (Lipinski definition) is 4. The van der Waals surface area contributed by atoms with E-state index in [2.05, 4.69) is 5.32 Å². The van der Waals surface area contributed by atoms with Gasteiger partial charge in [0.15, 0.2) is 0 Å². The predicted octanol–water partition coefficient (Wildman–Crippen LogP) is 4.18. The highest BCUT2D eigenvalue weighted by atomic mass is 35.5. The lowest BCUT2D eigenvalue weighted by Crippen LogP contribution is -2.38. The van der Waals surface area contributed by atoms with Gasteiger partial charge in [0.2, 0.25) is 5.91 Å². The van der Waals surface area contributed by atoms with Crippen LogP contribution in [0.2, 0.25) is 5.02 Å². The Bertz CT molecular complexity index is 1090. The summed E-state index contributed by atoms with van der Waals surface area (Å²) in [5.41, 5.74) is 0.779. The van der Waals surface area contributed by atoms with Gasteiger partial charge in [-0.3, -0.25) is 9.10 Å². The molecule has 0 saturated heterocycles. The lowest BCUT2D eigenvalue weighted by molar-refractivity contribution is -0.114. The molecule has 0 aromatic heterocycles. The first-order chi connectivity index (χ1) is 13.9. The first-order valence-electron chi connectivity index (χ1n) is 8.68. The van der Waals surface area contributed by atoms with Crippen molar-refractivity contribution in [2.75, 3.05) is 23.3 Å². The molecule has 0 fully saturated rings. The summed E-state index contributed by atoms with van der Waals surface area (Å²) in [6.45, 7) is -0.430. The molecule has 0 aliphatic carbocycles. The maximum Gasteiger partial charge on any atom is 0.264 e. The van der Waals surface area contributed by atoms with Gasteiger partial charge in [-0.05, 0) is 48.5 Å². The highest BCUT2D eigenvalue weighted by Crippen LogP contribution is 2.32. The van der Waals surface area contributed by atoms with Crippen molar-refractivity contribution in [3.8, 4) is 5.75 Å². The van der Waals surface area contributed by atoms with E-state index in [1.54, 1.807) is 66.7 Å². The minimum atomic E-state index is -4.01. The highest BCUT2D eigenvalue weighted by Gasteiger charge is 2.29. The standard InChI is InChI=1S/C21H19ClN2O4S/c1-28-20-10-6-5-9-19(20)24(29(26,27)18-7-3-2-4-8-18)15-21(25)23-17-13-11-16(22)12-14-17/h2-14H,15H2,1H3,(H,23,25). The Morgan fingerprint density at radius 3 is 2.24 bits per heavy atom. The van der Waals surface area contributed by atoms with Crippen molar-refractivity contribution < 1.29 is 17.9 Å². The van der Waals surface area contributed by atoms with Crippen LogP contribution in [0, 0.1) is 0 Å². The molecule has 150 valence electrons. The third-order valence-corrected chi connectivity index (χ3v) is 6.13. The number of nitrogens with zero attached hydrogens (tertiary/aromatic N) is 1. The van der Waals surface area contributed by atoms with E-state index in [0.717, 1.165) is 4.31 Å². The van der Waals surface area contributed by atoms with Gasteiger partial charge in [0.25, 0.3) is 10.0 Å². The van der Waals surface area contributed by atoms with E-state index in [1.165, 1.54) is 19.2 Å². The zero-order chi connectivity index (χ0) is 20.9. The van der Waals surface area contributed by atoms with Gasteiger partial charge in [0.1, 0.15) is 12.3 Å². The van der Waals surface area contributed by atoms with Gasteiger partial charge in [-0.15, -0.1) is 0 Å². The Balaban J connectivity index is 1.97. The van der Waals surface area contributed by atoms with Gasteiger partial charge in [-0.2, -0.15) is 0 Å². The van der Waals surface area contributed by atoms with E-state index in [-0.39, 0.29) is 10.6 Å². The summed E-state index contributed by atoms with van der Waals surface area (Å²) in [6.07, 6.45) is 0. The molecule has 3 rings (SSSR count). The number of nitrogens with one attached hydrogen (secondary N) is 1. The lowest BCUT2D eigenvalue weighted by atomic mass is 10.3. The Morgan fingerprint density at radius 1 is 0.966 bits per heavy atom. The van der Waals surface area contributed by atoms with Gasteiger partial charge in [0.05, 0.1) is 17.7 Å². The monoisotopic (exact) mass is 430 g/mol. The van der Waals surface area contributed by atoms with Crippen LogP contribution in [0.4, 0.5) is 11.4 Å². The molecule has 8 heteroatoms. The third-order valence-electron chi connectivity index (χ3n) is 4.10. The average molecular weight is 431 g/mol. The van der Waals surface area contributed by atoms with E-state index in [1.807, 2.05) is 0 Å². The van der Waals surface area contributed by atoms with Crippen molar-refractivity contribution in [2.45, 2.75) is 4.90 Å². The molecule has 0 saturated carbocycles. The third kappa shape index (κ3) is 4.88. The van der Waals surface area contributed by atoms with Crippen molar-refractivity contribution in [3.05, 3.63) is 83.9 Å². The number of benzene rings is 3. The van der Waals surface area contributed by atoms with Crippen molar-refractivity contribution in [1.29, 1.82) is 0 Å². The molecular formula is C21H19ClN2O4S. The summed E-state index contributed by atoms with van der Waals surface area (Å²) < 4.78 is 33.0. The summed E-state index contributed by atoms with van der Waals surface area (Å²) in [6, 6.07) is 21.1. The van der Waals surface area contributed by atoms with Crippen LogP contribution < -0.4 is 14.4 Å².